The third-order valence-corrected chi connectivity index (χ3v) is 3.16. The van der Waals surface area contributed by atoms with Gasteiger partial charge in [-0.2, -0.15) is 0 Å². The van der Waals surface area contributed by atoms with Crippen LogP contribution in [0.25, 0.3) is 0 Å². The molecule has 0 aliphatic carbocycles. The topological polar surface area (TPSA) is 66.6 Å². The Balaban J connectivity index is 1.97. The summed E-state index contributed by atoms with van der Waals surface area (Å²) in [5.41, 5.74) is 3.46. The van der Waals surface area contributed by atoms with Gasteiger partial charge in [-0.15, -0.1) is 0 Å². The smallest absolute Gasteiger partial charge is 0.335 e. The normalized spacial score (nSPS) is 10.9. The van der Waals surface area contributed by atoms with Gasteiger partial charge >= 0.3 is 5.97 Å². The highest BCUT2D eigenvalue weighted by molar-refractivity contribution is 5.87. The van der Waals surface area contributed by atoms with E-state index in [0.29, 0.717) is 5.56 Å². The molecular weight excluding hydrogens is 256 g/mol. The number of carboxylic acid groups (broad SMARTS) is 1. The fraction of sp³-hybridized carbons (Fsp3) is 0.333. The van der Waals surface area contributed by atoms with E-state index in [1.807, 2.05) is 26.1 Å². The molecule has 0 aliphatic heterocycles. The third kappa shape index (κ3) is 3.45. The van der Waals surface area contributed by atoms with Crippen molar-refractivity contribution in [2.75, 3.05) is 7.05 Å². The van der Waals surface area contributed by atoms with Crippen LogP contribution in [0.2, 0.25) is 0 Å². The van der Waals surface area contributed by atoms with E-state index in [-0.39, 0.29) is 0 Å². The number of carbonyl (C=O) groups is 1. The number of hydrogen-bond donors (Lipinski definition) is 1. The average molecular weight is 274 g/mol. The lowest BCUT2D eigenvalue weighted by Gasteiger charge is -2.16. The highest BCUT2D eigenvalue weighted by atomic mass is 16.5. The van der Waals surface area contributed by atoms with Gasteiger partial charge in [0.1, 0.15) is 6.26 Å². The van der Waals surface area contributed by atoms with Crippen LogP contribution in [0.5, 0.6) is 0 Å². The Kier molecular flexibility index (Phi) is 4.53. The van der Waals surface area contributed by atoms with E-state index in [1.165, 1.54) is 0 Å². The molecule has 0 fully saturated rings. The molecule has 1 heterocycles. The molecule has 1 aromatic heterocycles. The standard InChI is InChI=1S/C15H18N2O3/c1-3-14-13(10-20-16-14)9-17(2)8-11-4-6-12(7-5-11)15(18)19/h4-7,10H,3,8-9H2,1-2H3,(H,18,19). The van der Waals surface area contributed by atoms with Crippen LogP contribution >= 0.6 is 0 Å². The lowest BCUT2D eigenvalue weighted by atomic mass is 10.1. The zero-order valence-electron chi connectivity index (χ0n) is 11.7. The van der Waals surface area contributed by atoms with Crippen molar-refractivity contribution in [1.82, 2.24) is 10.1 Å². The monoisotopic (exact) mass is 274 g/mol. The summed E-state index contributed by atoms with van der Waals surface area (Å²) in [6, 6.07) is 6.94. The van der Waals surface area contributed by atoms with Crippen molar-refractivity contribution in [1.29, 1.82) is 0 Å². The number of rotatable bonds is 6. The number of benzene rings is 1. The second-order valence-electron chi connectivity index (χ2n) is 4.81. The maximum absolute atomic E-state index is 10.8. The second-order valence-corrected chi connectivity index (χ2v) is 4.81. The van der Waals surface area contributed by atoms with Crippen LogP contribution in [0.15, 0.2) is 35.1 Å². The highest BCUT2D eigenvalue weighted by Crippen LogP contribution is 2.13. The van der Waals surface area contributed by atoms with E-state index in [4.69, 9.17) is 9.63 Å². The number of aromatic carboxylic acids is 1. The van der Waals surface area contributed by atoms with Crippen molar-refractivity contribution in [3.8, 4) is 0 Å². The second kappa shape index (κ2) is 6.34. The van der Waals surface area contributed by atoms with E-state index in [1.54, 1.807) is 18.4 Å². The molecule has 0 atom stereocenters. The van der Waals surface area contributed by atoms with Crippen LogP contribution in [0.3, 0.4) is 0 Å². The van der Waals surface area contributed by atoms with Crippen LogP contribution in [-0.2, 0) is 19.5 Å². The zero-order chi connectivity index (χ0) is 14.5. The van der Waals surface area contributed by atoms with Crippen LogP contribution < -0.4 is 0 Å². The molecule has 1 N–H and O–H groups in total. The number of nitrogens with zero attached hydrogens (tertiary/aromatic N) is 2. The van der Waals surface area contributed by atoms with E-state index < -0.39 is 5.97 Å². The first-order valence-electron chi connectivity index (χ1n) is 6.53. The molecule has 0 saturated carbocycles. The van der Waals surface area contributed by atoms with Gasteiger partial charge in [0, 0.05) is 18.7 Å². The molecule has 0 radical (unpaired) electrons. The molecular formula is C15H18N2O3. The van der Waals surface area contributed by atoms with Gasteiger partial charge in [-0.05, 0) is 31.2 Å². The fourth-order valence-electron chi connectivity index (χ4n) is 2.11. The molecule has 2 rings (SSSR count). The van der Waals surface area contributed by atoms with Crippen molar-refractivity contribution >= 4 is 5.97 Å². The molecule has 0 saturated heterocycles. The molecule has 0 bridgehead atoms. The van der Waals surface area contributed by atoms with Gasteiger partial charge < -0.3 is 9.63 Å². The maximum Gasteiger partial charge on any atom is 0.335 e. The van der Waals surface area contributed by atoms with E-state index in [0.717, 1.165) is 36.3 Å². The minimum absolute atomic E-state index is 0.309. The maximum atomic E-state index is 10.8. The lowest BCUT2D eigenvalue weighted by molar-refractivity contribution is 0.0697. The molecule has 5 nitrogen and oxygen atoms in total. The first-order valence-corrected chi connectivity index (χ1v) is 6.53. The fourth-order valence-corrected chi connectivity index (χ4v) is 2.11. The van der Waals surface area contributed by atoms with Crippen molar-refractivity contribution in [3.63, 3.8) is 0 Å². The van der Waals surface area contributed by atoms with Gasteiger partial charge in [-0.1, -0.05) is 24.2 Å². The van der Waals surface area contributed by atoms with E-state index in [9.17, 15) is 4.79 Å². The SMILES string of the molecule is CCc1nocc1CN(C)Cc1ccc(C(=O)O)cc1. The largest absolute Gasteiger partial charge is 0.478 e. The quantitative estimate of drug-likeness (QED) is 0.877. The van der Waals surface area contributed by atoms with E-state index in [2.05, 4.69) is 10.1 Å². The number of carboxylic acids is 1. The summed E-state index contributed by atoms with van der Waals surface area (Å²) >= 11 is 0. The van der Waals surface area contributed by atoms with Gasteiger partial charge in [0.05, 0.1) is 11.3 Å². The van der Waals surface area contributed by atoms with Crippen molar-refractivity contribution < 1.29 is 14.4 Å². The summed E-state index contributed by atoms with van der Waals surface area (Å²) in [6.07, 6.45) is 2.54. The molecule has 2 aromatic rings. The number of hydrogen-bond acceptors (Lipinski definition) is 4. The Labute approximate surface area is 117 Å². The van der Waals surface area contributed by atoms with Crippen LogP contribution in [0.4, 0.5) is 0 Å². The van der Waals surface area contributed by atoms with Crippen molar-refractivity contribution in [2.45, 2.75) is 26.4 Å². The lowest BCUT2D eigenvalue weighted by Crippen LogP contribution is -2.17. The number of aryl methyl sites for hydroxylation is 1. The zero-order valence-corrected chi connectivity index (χ0v) is 11.7. The predicted octanol–water partition coefficient (Wildman–Crippen LogP) is 2.57. The summed E-state index contributed by atoms with van der Waals surface area (Å²) in [5, 5.41) is 12.8. The Bertz CT molecular complexity index is 575. The summed E-state index contributed by atoms with van der Waals surface area (Å²) in [5.74, 6) is -0.901. The molecule has 0 unspecified atom stereocenters. The Morgan fingerprint density at radius 2 is 2.00 bits per heavy atom. The molecule has 0 spiro atoms. The predicted molar refractivity (Wildman–Crippen MR) is 74.5 cm³/mol. The summed E-state index contributed by atoms with van der Waals surface area (Å²) in [7, 11) is 2.01. The summed E-state index contributed by atoms with van der Waals surface area (Å²) in [6.45, 7) is 3.55. The van der Waals surface area contributed by atoms with Gasteiger partial charge in [-0.25, -0.2) is 4.79 Å². The molecule has 0 aliphatic rings. The third-order valence-electron chi connectivity index (χ3n) is 3.16. The van der Waals surface area contributed by atoms with Crippen LogP contribution in [0.1, 0.15) is 34.1 Å². The first kappa shape index (κ1) is 14.3. The molecule has 1 aromatic carbocycles. The van der Waals surface area contributed by atoms with Gasteiger partial charge in [0.25, 0.3) is 0 Å². The first-order chi connectivity index (χ1) is 9.60. The Morgan fingerprint density at radius 1 is 1.30 bits per heavy atom. The molecule has 0 amide bonds. The van der Waals surface area contributed by atoms with E-state index >= 15 is 0 Å². The summed E-state index contributed by atoms with van der Waals surface area (Å²) in [4.78, 5) is 12.9. The average Bonchev–Trinajstić information content (AvgIpc) is 2.86. The van der Waals surface area contributed by atoms with Gasteiger partial charge in [0.2, 0.25) is 0 Å². The Hall–Kier alpha value is -2.14. The van der Waals surface area contributed by atoms with Crippen molar-refractivity contribution in [3.05, 3.63) is 52.9 Å². The summed E-state index contributed by atoms with van der Waals surface area (Å²) < 4.78 is 4.99. The minimum atomic E-state index is -0.901. The van der Waals surface area contributed by atoms with Gasteiger partial charge in [0.15, 0.2) is 0 Å². The van der Waals surface area contributed by atoms with Crippen molar-refractivity contribution in [2.24, 2.45) is 0 Å². The molecule has 5 heteroatoms. The highest BCUT2D eigenvalue weighted by Gasteiger charge is 2.09. The Morgan fingerprint density at radius 3 is 2.60 bits per heavy atom. The molecule has 106 valence electrons. The van der Waals surface area contributed by atoms with Crippen LogP contribution in [0, 0.1) is 0 Å². The minimum Gasteiger partial charge on any atom is -0.478 e. The van der Waals surface area contributed by atoms with Crippen LogP contribution in [-0.4, -0.2) is 28.2 Å². The number of aromatic nitrogens is 1. The van der Waals surface area contributed by atoms with Gasteiger partial charge in [-0.3, -0.25) is 4.90 Å². The molecule has 20 heavy (non-hydrogen) atoms.